The van der Waals surface area contributed by atoms with E-state index in [1.807, 2.05) is 0 Å². The number of rotatable bonds is 3. The van der Waals surface area contributed by atoms with Crippen LogP contribution in [0, 0.1) is 0 Å². The summed E-state index contributed by atoms with van der Waals surface area (Å²) in [6.07, 6.45) is 4.56. The molecule has 0 amide bonds. The predicted molar refractivity (Wildman–Crippen MR) is 64.6 cm³/mol. The van der Waals surface area contributed by atoms with Crippen molar-refractivity contribution in [2.45, 2.75) is 13.3 Å². The van der Waals surface area contributed by atoms with Gasteiger partial charge in [0, 0.05) is 24.3 Å². The number of carboxylic acids is 1. The van der Waals surface area contributed by atoms with E-state index in [2.05, 4.69) is 17.9 Å². The Labute approximate surface area is 105 Å². The molecule has 0 saturated heterocycles. The number of esters is 2. The first-order chi connectivity index (χ1) is 8.34. The van der Waals surface area contributed by atoms with E-state index in [4.69, 9.17) is 10.2 Å². The summed E-state index contributed by atoms with van der Waals surface area (Å²) in [7, 11) is 0. The van der Waals surface area contributed by atoms with Gasteiger partial charge < -0.3 is 14.9 Å². The van der Waals surface area contributed by atoms with E-state index in [0.29, 0.717) is 6.42 Å². The molecule has 0 atom stereocenters. The first-order valence-corrected chi connectivity index (χ1v) is 4.89. The van der Waals surface area contributed by atoms with E-state index in [1.165, 1.54) is 6.92 Å². The average Bonchev–Trinajstić information content (AvgIpc) is 2.65. The van der Waals surface area contributed by atoms with Crippen molar-refractivity contribution in [2.24, 2.45) is 0 Å². The molecule has 0 aromatic heterocycles. The summed E-state index contributed by atoms with van der Waals surface area (Å²) in [6.45, 7) is 8.22. The zero-order chi connectivity index (χ0) is 14.6. The van der Waals surface area contributed by atoms with Gasteiger partial charge in [-0.3, -0.25) is 0 Å². The number of aliphatic hydroxyl groups is 1. The Bertz CT molecular complexity index is 326. The molecule has 1 rings (SSSR count). The molecule has 0 bridgehead atoms. The number of carboxylic acid groups (broad SMARTS) is 1. The van der Waals surface area contributed by atoms with Crippen LogP contribution >= 0.6 is 0 Å². The fraction of sp³-hybridized carbons (Fsp3) is 0.250. The van der Waals surface area contributed by atoms with Gasteiger partial charge in [-0.25, -0.2) is 14.4 Å². The van der Waals surface area contributed by atoms with Crippen LogP contribution in [0.5, 0.6) is 0 Å². The molecule has 1 aliphatic heterocycles. The SMILES string of the molecule is C=C(C)C(=O)O.C=CCCO.O=C1C=CC(=O)O1. The van der Waals surface area contributed by atoms with E-state index >= 15 is 0 Å². The third-order valence-electron chi connectivity index (χ3n) is 1.25. The molecule has 0 fully saturated rings. The van der Waals surface area contributed by atoms with Crippen molar-refractivity contribution in [3.63, 3.8) is 0 Å². The largest absolute Gasteiger partial charge is 0.478 e. The maximum Gasteiger partial charge on any atom is 0.338 e. The highest BCUT2D eigenvalue weighted by Gasteiger charge is 2.10. The van der Waals surface area contributed by atoms with Gasteiger partial charge in [0.2, 0.25) is 0 Å². The van der Waals surface area contributed by atoms with Gasteiger partial charge in [0.05, 0.1) is 0 Å². The number of aliphatic hydroxyl groups excluding tert-OH is 1. The number of carbonyl (C=O) groups excluding carboxylic acids is 2. The van der Waals surface area contributed by atoms with E-state index in [1.54, 1.807) is 6.08 Å². The third kappa shape index (κ3) is 13.8. The van der Waals surface area contributed by atoms with Gasteiger partial charge in [-0.05, 0) is 13.3 Å². The van der Waals surface area contributed by atoms with Gasteiger partial charge in [0.1, 0.15) is 0 Å². The zero-order valence-corrected chi connectivity index (χ0v) is 10.1. The van der Waals surface area contributed by atoms with Crippen LogP contribution in [0.1, 0.15) is 13.3 Å². The fourth-order valence-corrected chi connectivity index (χ4v) is 0.395. The summed E-state index contributed by atoms with van der Waals surface area (Å²) in [5, 5.41) is 15.9. The van der Waals surface area contributed by atoms with Crippen LogP contribution < -0.4 is 0 Å². The predicted octanol–water partition coefficient (Wildman–Crippen LogP) is 0.828. The Morgan fingerprint density at radius 3 is 1.83 bits per heavy atom. The lowest BCUT2D eigenvalue weighted by atomic mass is 10.4. The molecule has 6 heteroatoms. The van der Waals surface area contributed by atoms with Gasteiger partial charge in [-0.1, -0.05) is 12.7 Å². The molecule has 18 heavy (non-hydrogen) atoms. The van der Waals surface area contributed by atoms with Gasteiger partial charge >= 0.3 is 17.9 Å². The van der Waals surface area contributed by atoms with Crippen molar-refractivity contribution in [1.29, 1.82) is 0 Å². The second-order valence-corrected chi connectivity index (χ2v) is 2.96. The van der Waals surface area contributed by atoms with Crippen LogP contribution in [-0.2, 0) is 19.1 Å². The molecular formula is C12H16O6. The Morgan fingerprint density at radius 1 is 1.39 bits per heavy atom. The van der Waals surface area contributed by atoms with Crippen molar-refractivity contribution in [3.05, 3.63) is 37.0 Å². The molecule has 0 radical (unpaired) electrons. The molecule has 0 saturated carbocycles. The van der Waals surface area contributed by atoms with Gasteiger partial charge in [0.25, 0.3) is 0 Å². The summed E-state index contributed by atoms with van der Waals surface area (Å²) in [5.41, 5.74) is 0.176. The van der Waals surface area contributed by atoms with E-state index in [0.717, 1.165) is 12.2 Å². The molecule has 1 heterocycles. The molecule has 0 unspecified atom stereocenters. The van der Waals surface area contributed by atoms with E-state index in [9.17, 15) is 14.4 Å². The Morgan fingerprint density at radius 2 is 1.78 bits per heavy atom. The normalized spacial score (nSPS) is 11.4. The van der Waals surface area contributed by atoms with Crippen molar-refractivity contribution < 1.29 is 29.3 Å². The minimum atomic E-state index is -0.935. The van der Waals surface area contributed by atoms with E-state index in [-0.39, 0.29) is 12.2 Å². The minimum Gasteiger partial charge on any atom is -0.478 e. The van der Waals surface area contributed by atoms with Crippen LogP contribution in [0.4, 0.5) is 0 Å². The molecule has 0 aliphatic carbocycles. The third-order valence-corrected chi connectivity index (χ3v) is 1.25. The lowest BCUT2D eigenvalue weighted by Gasteiger charge is -1.80. The second-order valence-electron chi connectivity index (χ2n) is 2.96. The highest BCUT2D eigenvalue weighted by atomic mass is 16.6. The number of hydrogen-bond donors (Lipinski definition) is 2. The number of carbonyl (C=O) groups is 3. The first kappa shape index (κ1) is 18.2. The maximum absolute atomic E-state index is 9.92. The monoisotopic (exact) mass is 256 g/mol. The molecule has 0 aromatic rings. The van der Waals surface area contributed by atoms with Crippen LogP contribution in [0.3, 0.4) is 0 Å². The highest BCUT2D eigenvalue weighted by molar-refractivity contribution is 6.04. The maximum atomic E-state index is 9.92. The summed E-state index contributed by atoms with van der Waals surface area (Å²) in [6, 6.07) is 0. The number of cyclic esters (lactones) is 2. The van der Waals surface area contributed by atoms with Crippen molar-refractivity contribution in [3.8, 4) is 0 Å². The second kappa shape index (κ2) is 11.3. The van der Waals surface area contributed by atoms with Crippen LogP contribution in [0.25, 0.3) is 0 Å². The molecule has 100 valence electrons. The lowest BCUT2D eigenvalue weighted by Crippen LogP contribution is -1.96. The standard InChI is InChI=1S/C4H2O3.C4H6O2.C4H8O/c5-3-1-2-4(6)7-3;1-3(2)4(5)6;1-2-3-4-5/h1-2H;1H2,2H3,(H,5,6);2,5H,1,3-4H2. The molecule has 6 nitrogen and oxygen atoms in total. The van der Waals surface area contributed by atoms with E-state index < -0.39 is 17.9 Å². The number of hydrogen-bond acceptors (Lipinski definition) is 5. The zero-order valence-electron chi connectivity index (χ0n) is 10.1. The molecule has 2 N–H and O–H groups in total. The summed E-state index contributed by atoms with van der Waals surface area (Å²) in [4.78, 5) is 29.4. The van der Waals surface area contributed by atoms with Crippen LogP contribution in [-0.4, -0.2) is 34.7 Å². The highest BCUT2D eigenvalue weighted by Crippen LogP contribution is 1.92. The van der Waals surface area contributed by atoms with Gasteiger partial charge in [0.15, 0.2) is 0 Å². The summed E-state index contributed by atoms with van der Waals surface area (Å²) in [5.74, 6) is -2.09. The summed E-state index contributed by atoms with van der Waals surface area (Å²) < 4.78 is 3.97. The Kier molecular flexibility index (Phi) is 11.4. The Hall–Kier alpha value is -2.21. The summed E-state index contributed by atoms with van der Waals surface area (Å²) >= 11 is 0. The minimum absolute atomic E-state index is 0.176. The first-order valence-electron chi connectivity index (χ1n) is 4.89. The van der Waals surface area contributed by atoms with Crippen molar-refractivity contribution in [1.82, 2.24) is 0 Å². The smallest absolute Gasteiger partial charge is 0.338 e. The molecule has 0 aromatic carbocycles. The van der Waals surface area contributed by atoms with Crippen LogP contribution in [0.2, 0.25) is 0 Å². The molecule has 1 aliphatic rings. The number of ether oxygens (including phenoxy) is 1. The Balaban J connectivity index is 0. The quantitative estimate of drug-likeness (QED) is 0.335. The van der Waals surface area contributed by atoms with Crippen molar-refractivity contribution >= 4 is 17.9 Å². The molecule has 0 spiro atoms. The van der Waals surface area contributed by atoms with Gasteiger partial charge in [-0.2, -0.15) is 0 Å². The lowest BCUT2D eigenvalue weighted by molar-refractivity contribution is -0.150. The topological polar surface area (TPSA) is 101 Å². The number of aliphatic carboxylic acids is 1. The fourth-order valence-electron chi connectivity index (χ4n) is 0.395. The van der Waals surface area contributed by atoms with Crippen LogP contribution in [0.15, 0.2) is 37.0 Å². The molecular weight excluding hydrogens is 240 g/mol. The van der Waals surface area contributed by atoms with Crippen molar-refractivity contribution in [2.75, 3.05) is 6.61 Å². The van der Waals surface area contributed by atoms with Gasteiger partial charge in [-0.15, -0.1) is 6.58 Å². The average molecular weight is 256 g/mol.